The van der Waals surface area contributed by atoms with Gasteiger partial charge in [0.05, 0.1) is 13.7 Å². The number of amidine groups is 1. The number of para-hydroxylation sites is 1. The van der Waals surface area contributed by atoms with E-state index in [-0.39, 0.29) is 29.9 Å². The molecule has 0 saturated carbocycles. The molecule has 5 heteroatoms. The number of ether oxygens (including phenoxy) is 1. The fourth-order valence-corrected chi connectivity index (χ4v) is 2.99. The van der Waals surface area contributed by atoms with Crippen molar-refractivity contribution in [2.45, 2.75) is 5.92 Å². The third-order valence-corrected chi connectivity index (χ3v) is 4.32. The molecular weight excluding hydrogens is 407 g/mol. The standard InChI is InChI=1S/C17H18N2OS.HI/c1-20-13-9-7-12(8-10-13)15-11-18-17(21-2)19-16-6-4-3-5-14(15)16;/h3-10,15H,11H2,1-2H3,(H,18,19);1H. The number of thioether (sulfide) groups is 1. The van der Waals surface area contributed by atoms with Gasteiger partial charge in [-0.1, -0.05) is 42.1 Å². The maximum Gasteiger partial charge on any atom is 0.160 e. The smallest absolute Gasteiger partial charge is 0.160 e. The first-order valence-corrected chi connectivity index (χ1v) is 8.12. The highest BCUT2D eigenvalue weighted by atomic mass is 127. The van der Waals surface area contributed by atoms with E-state index in [1.807, 2.05) is 18.4 Å². The van der Waals surface area contributed by atoms with Gasteiger partial charge >= 0.3 is 0 Å². The molecule has 0 saturated heterocycles. The van der Waals surface area contributed by atoms with Gasteiger partial charge in [-0.2, -0.15) is 0 Å². The predicted molar refractivity (Wildman–Crippen MR) is 106 cm³/mol. The second-order valence-electron chi connectivity index (χ2n) is 4.89. The van der Waals surface area contributed by atoms with Gasteiger partial charge in [-0.25, -0.2) is 0 Å². The lowest BCUT2D eigenvalue weighted by molar-refractivity contribution is 0.414. The molecule has 0 radical (unpaired) electrons. The van der Waals surface area contributed by atoms with Crippen LogP contribution in [0.25, 0.3) is 0 Å². The van der Waals surface area contributed by atoms with E-state index in [0.29, 0.717) is 0 Å². The van der Waals surface area contributed by atoms with Crippen LogP contribution in [0.5, 0.6) is 5.75 Å². The van der Waals surface area contributed by atoms with Crippen molar-refractivity contribution in [2.75, 3.05) is 25.2 Å². The third kappa shape index (κ3) is 3.57. The maximum absolute atomic E-state index is 5.24. The van der Waals surface area contributed by atoms with E-state index in [4.69, 9.17) is 9.73 Å². The van der Waals surface area contributed by atoms with Crippen molar-refractivity contribution in [2.24, 2.45) is 4.99 Å². The zero-order valence-corrected chi connectivity index (χ0v) is 15.7. The number of anilines is 1. The Morgan fingerprint density at radius 3 is 2.55 bits per heavy atom. The minimum atomic E-state index is 0. The van der Waals surface area contributed by atoms with Crippen molar-refractivity contribution in [1.29, 1.82) is 0 Å². The van der Waals surface area contributed by atoms with Crippen molar-refractivity contribution < 1.29 is 4.74 Å². The Labute approximate surface area is 152 Å². The molecule has 1 N–H and O–H groups in total. The van der Waals surface area contributed by atoms with Gasteiger partial charge in [-0.3, -0.25) is 4.99 Å². The molecule has 0 aromatic heterocycles. The van der Waals surface area contributed by atoms with Crippen molar-refractivity contribution in [3.63, 3.8) is 0 Å². The van der Waals surface area contributed by atoms with Crippen LogP contribution in [0.4, 0.5) is 5.69 Å². The Kier molecular flexibility index (Phi) is 6.14. The molecule has 1 aliphatic rings. The van der Waals surface area contributed by atoms with Crippen LogP contribution in [0, 0.1) is 0 Å². The number of hydrogen-bond donors (Lipinski definition) is 1. The summed E-state index contributed by atoms with van der Waals surface area (Å²) in [7, 11) is 1.69. The van der Waals surface area contributed by atoms with Crippen LogP contribution in [0.15, 0.2) is 53.5 Å². The molecule has 1 heterocycles. The number of nitrogens with one attached hydrogen (secondary N) is 1. The monoisotopic (exact) mass is 426 g/mol. The Morgan fingerprint density at radius 1 is 1.14 bits per heavy atom. The van der Waals surface area contributed by atoms with E-state index >= 15 is 0 Å². The van der Waals surface area contributed by atoms with Crippen LogP contribution in [0.2, 0.25) is 0 Å². The number of methoxy groups -OCH3 is 1. The summed E-state index contributed by atoms with van der Waals surface area (Å²) in [6, 6.07) is 16.7. The molecular formula is C17H19IN2OS. The van der Waals surface area contributed by atoms with Crippen LogP contribution in [-0.2, 0) is 0 Å². The topological polar surface area (TPSA) is 33.6 Å². The average Bonchev–Trinajstić information content (AvgIpc) is 2.74. The molecule has 22 heavy (non-hydrogen) atoms. The molecule has 0 aliphatic carbocycles. The number of benzene rings is 2. The zero-order valence-electron chi connectivity index (χ0n) is 12.6. The quantitative estimate of drug-likeness (QED) is 0.714. The molecule has 2 aromatic rings. The van der Waals surface area contributed by atoms with Crippen molar-refractivity contribution in [3.05, 3.63) is 59.7 Å². The second-order valence-corrected chi connectivity index (χ2v) is 5.68. The van der Waals surface area contributed by atoms with Crippen molar-refractivity contribution >= 4 is 46.6 Å². The maximum atomic E-state index is 5.24. The fraction of sp³-hybridized carbons (Fsp3) is 0.235. The van der Waals surface area contributed by atoms with Crippen LogP contribution in [0.1, 0.15) is 17.0 Å². The summed E-state index contributed by atoms with van der Waals surface area (Å²) in [5.41, 5.74) is 3.69. The molecule has 2 aromatic carbocycles. The van der Waals surface area contributed by atoms with Gasteiger partial charge in [0, 0.05) is 11.6 Å². The van der Waals surface area contributed by atoms with Gasteiger partial charge in [0.2, 0.25) is 0 Å². The van der Waals surface area contributed by atoms with E-state index in [9.17, 15) is 0 Å². The number of fused-ring (bicyclic) bond motifs is 1. The Hall–Kier alpha value is -1.21. The molecule has 3 rings (SSSR count). The summed E-state index contributed by atoms with van der Waals surface area (Å²) in [5, 5.41) is 4.39. The fourth-order valence-electron chi connectivity index (χ4n) is 2.58. The minimum absolute atomic E-state index is 0. The largest absolute Gasteiger partial charge is 0.497 e. The van der Waals surface area contributed by atoms with Crippen LogP contribution >= 0.6 is 35.7 Å². The number of nitrogens with zero attached hydrogens (tertiary/aromatic N) is 1. The molecule has 0 fully saturated rings. The van der Waals surface area contributed by atoms with Gasteiger partial charge in [0.1, 0.15) is 5.75 Å². The lowest BCUT2D eigenvalue weighted by atomic mass is 9.90. The van der Waals surface area contributed by atoms with Gasteiger partial charge in [0.15, 0.2) is 5.17 Å². The zero-order chi connectivity index (χ0) is 14.7. The lowest BCUT2D eigenvalue weighted by Crippen LogP contribution is -2.06. The van der Waals surface area contributed by atoms with E-state index in [0.717, 1.165) is 23.1 Å². The summed E-state index contributed by atoms with van der Waals surface area (Å²) < 4.78 is 5.24. The normalized spacial score (nSPS) is 16.5. The summed E-state index contributed by atoms with van der Waals surface area (Å²) in [6.07, 6.45) is 2.04. The minimum Gasteiger partial charge on any atom is -0.497 e. The third-order valence-electron chi connectivity index (χ3n) is 3.71. The van der Waals surface area contributed by atoms with Crippen molar-refractivity contribution in [3.8, 4) is 5.75 Å². The summed E-state index contributed by atoms with van der Waals surface area (Å²) in [6.45, 7) is 0.756. The molecule has 3 nitrogen and oxygen atoms in total. The Bertz CT molecular complexity index is 658. The predicted octanol–water partition coefficient (Wildman–Crippen LogP) is 4.59. The van der Waals surface area contributed by atoms with E-state index in [1.54, 1.807) is 18.9 Å². The van der Waals surface area contributed by atoms with Gasteiger partial charge in [-0.05, 0) is 35.6 Å². The number of rotatable bonds is 2. The molecule has 0 amide bonds. The highest BCUT2D eigenvalue weighted by molar-refractivity contribution is 14.0. The lowest BCUT2D eigenvalue weighted by Gasteiger charge is -2.17. The number of halogens is 1. The van der Waals surface area contributed by atoms with Gasteiger partial charge < -0.3 is 10.1 Å². The molecule has 1 aliphatic heterocycles. The molecule has 0 spiro atoms. The highest BCUT2D eigenvalue weighted by Gasteiger charge is 2.20. The van der Waals surface area contributed by atoms with E-state index in [2.05, 4.69) is 41.7 Å². The Balaban J connectivity index is 0.00000176. The summed E-state index contributed by atoms with van der Waals surface area (Å²) in [5.74, 6) is 1.15. The molecule has 116 valence electrons. The molecule has 1 atom stereocenters. The SMILES string of the molecule is COc1ccc(C2CN=C(SC)Nc3ccccc32)cc1.I. The van der Waals surface area contributed by atoms with Crippen LogP contribution in [-0.4, -0.2) is 25.1 Å². The highest BCUT2D eigenvalue weighted by Crippen LogP contribution is 2.34. The molecule has 1 unspecified atom stereocenters. The van der Waals surface area contributed by atoms with Gasteiger partial charge in [-0.15, -0.1) is 24.0 Å². The van der Waals surface area contributed by atoms with Crippen LogP contribution in [0.3, 0.4) is 0 Å². The first kappa shape index (κ1) is 17.1. The number of aliphatic imine (C=N–C) groups is 1. The van der Waals surface area contributed by atoms with Crippen molar-refractivity contribution in [1.82, 2.24) is 0 Å². The average molecular weight is 426 g/mol. The van der Waals surface area contributed by atoms with Crippen LogP contribution < -0.4 is 10.1 Å². The molecule has 0 bridgehead atoms. The second kappa shape index (κ2) is 7.87. The Morgan fingerprint density at radius 2 is 1.86 bits per heavy atom. The summed E-state index contributed by atoms with van der Waals surface area (Å²) in [4.78, 5) is 4.69. The number of hydrogen-bond acceptors (Lipinski definition) is 4. The summed E-state index contributed by atoms with van der Waals surface area (Å²) >= 11 is 1.64. The van der Waals surface area contributed by atoms with E-state index < -0.39 is 0 Å². The van der Waals surface area contributed by atoms with E-state index in [1.165, 1.54) is 11.1 Å². The van der Waals surface area contributed by atoms with Gasteiger partial charge in [0.25, 0.3) is 0 Å². The first-order valence-electron chi connectivity index (χ1n) is 6.90. The first-order chi connectivity index (χ1) is 10.3.